The summed E-state index contributed by atoms with van der Waals surface area (Å²) < 4.78 is 33.4. The molecule has 1 aliphatic rings. The van der Waals surface area contributed by atoms with Gasteiger partial charge in [-0.05, 0) is 44.7 Å². The number of piperidine rings is 1. The van der Waals surface area contributed by atoms with E-state index >= 15 is 0 Å². The Morgan fingerprint density at radius 2 is 2.12 bits per heavy atom. The summed E-state index contributed by atoms with van der Waals surface area (Å²) in [4.78, 5) is 4.78. The SMILES string of the molecule is CCOC[C@H]1CCCN(S(=O)(=O)c2cccc3ccc(C)nc23)C1. The molecule has 0 radical (unpaired) electrons. The highest BCUT2D eigenvalue weighted by Crippen LogP contribution is 2.28. The first kappa shape index (κ1) is 17.3. The number of pyridine rings is 1. The lowest BCUT2D eigenvalue weighted by molar-refractivity contribution is 0.0864. The van der Waals surface area contributed by atoms with Crippen molar-refractivity contribution in [3.8, 4) is 0 Å². The van der Waals surface area contributed by atoms with Crippen LogP contribution in [0.1, 0.15) is 25.5 Å². The number of fused-ring (bicyclic) bond motifs is 1. The van der Waals surface area contributed by atoms with Crippen LogP contribution >= 0.6 is 0 Å². The van der Waals surface area contributed by atoms with E-state index in [1.54, 1.807) is 16.4 Å². The molecular weight excluding hydrogens is 324 g/mol. The van der Waals surface area contributed by atoms with E-state index in [1.165, 1.54) is 0 Å². The molecule has 1 aliphatic heterocycles. The van der Waals surface area contributed by atoms with E-state index in [2.05, 4.69) is 4.98 Å². The van der Waals surface area contributed by atoms with Gasteiger partial charge in [0.05, 0.1) is 12.1 Å². The summed E-state index contributed by atoms with van der Waals surface area (Å²) in [5.74, 6) is 0.262. The molecule has 1 aromatic heterocycles. The van der Waals surface area contributed by atoms with Crippen LogP contribution in [0.15, 0.2) is 35.2 Å². The van der Waals surface area contributed by atoms with E-state index in [0.29, 0.717) is 36.7 Å². The zero-order valence-electron chi connectivity index (χ0n) is 14.2. The number of ether oxygens (including phenoxy) is 1. The Bertz CT molecular complexity index is 820. The summed E-state index contributed by atoms with van der Waals surface area (Å²) >= 11 is 0. The Morgan fingerprint density at radius 3 is 2.92 bits per heavy atom. The number of rotatable bonds is 5. The van der Waals surface area contributed by atoms with Crippen LogP contribution in [-0.2, 0) is 14.8 Å². The van der Waals surface area contributed by atoms with Crippen LogP contribution in [0.4, 0.5) is 0 Å². The minimum Gasteiger partial charge on any atom is -0.381 e. The van der Waals surface area contributed by atoms with E-state index in [-0.39, 0.29) is 5.92 Å². The summed E-state index contributed by atoms with van der Waals surface area (Å²) in [5.41, 5.74) is 1.38. The predicted octanol–water partition coefficient (Wildman–Crippen LogP) is 2.98. The van der Waals surface area contributed by atoms with Gasteiger partial charge in [-0.1, -0.05) is 18.2 Å². The van der Waals surface area contributed by atoms with Crippen molar-refractivity contribution in [2.75, 3.05) is 26.3 Å². The van der Waals surface area contributed by atoms with Gasteiger partial charge in [0.1, 0.15) is 4.90 Å². The molecule has 0 saturated carbocycles. The van der Waals surface area contributed by atoms with E-state index in [1.807, 2.05) is 32.0 Å². The average molecular weight is 348 g/mol. The van der Waals surface area contributed by atoms with Crippen molar-refractivity contribution in [1.82, 2.24) is 9.29 Å². The van der Waals surface area contributed by atoms with Crippen molar-refractivity contribution in [1.29, 1.82) is 0 Å². The Labute approximate surface area is 143 Å². The second-order valence-corrected chi connectivity index (χ2v) is 8.22. The number of aryl methyl sites for hydroxylation is 1. The number of nitrogens with zero attached hydrogens (tertiary/aromatic N) is 2. The van der Waals surface area contributed by atoms with Crippen LogP contribution < -0.4 is 0 Å². The lowest BCUT2D eigenvalue weighted by atomic mass is 10.0. The molecule has 2 heterocycles. The van der Waals surface area contributed by atoms with Crippen molar-refractivity contribution in [2.45, 2.75) is 31.6 Å². The number of para-hydroxylation sites is 1. The van der Waals surface area contributed by atoms with Crippen LogP contribution in [0.2, 0.25) is 0 Å². The monoisotopic (exact) mass is 348 g/mol. The Balaban J connectivity index is 1.94. The maximum Gasteiger partial charge on any atom is 0.245 e. The molecule has 3 rings (SSSR count). The van der Waals surface area contributed by atoms with Crippen LogP contribution in [0.5, 0.6) is 0 Å². The summed E-state index contributed by atoms with van der Waals surface area (Å²) in [6.07, 6.45) is 1.88. The lowest BCUT2D eigenvalue weighted by Crippen LogP contribution is -2.41. The zero-order valence-corrected chi connectivity index (χ0v) is 15.1. The van der Waals surface area contributed by atoms with Gasteiger partial charge < -0.3 is 4.74 Å². The first-order valence-electron chi connectivity index (χ1n) is 8.46. The van der Waals surface area contributed by atoms with Crippen LogP contribution in [0.25, 0.3) is 10.9 Å². The quantitative estimate of drug-likeness (QED) is 0.833. The zero-order chi connectivity index (χ0) is 17.2. The largest absolute Gasteiger partial charge is 0.381 e. The third-order valence-corrected chi connectivity index (χ3v) is 6.38. The average Bonchev–Trinajstić information content (AvgIpc) is 2.59. The predicted molar refractivity (Wildman–Crippen MR) is 94.5 cm³/mol. The maximum absolute atomic E-state index is 13.2. The molecule has 5 nitrogen and oxygen atoms in total. The van der Waals surface area contributed by atoms with E-state index in [0.717, 1.165) is 23.9 Å². The Morgan fingerprint density at radius 1 is 1.29 bits per heavy atom. The third kappa shape index (κ3) is 3.45. The van der Waals surface area contributed by atoms with Gasteiger partial charge in [-0.15, -0.1) is 0 Å². The van der Waals surface area contributed by atoms with Crippen LogP contribution in [-0.4, -0.2) is 44.0 Å². The number of benzene rings is 1. The molecule has 1 atom stereocenters. The van der Waals surface area contributed by atoms with Crippen molar-refractivity contribution in [3.05, 3.63) is 36.0 Å². The molecule has 130 valence electrons. The topological polar surface area (TPSA) is 59.5 Å². The molecule has 0 aliphatic carbocycles. The molecule has 1 fully saturated rings. The molecular formula is C18H24N2O3S. The van der Waals surface area contributed by atoms with Crippen molar-refractivity contribution in [2.24, 2.45) is 5.92 Å². The first-order chi connectivity index (χ1) is 11.5. The molecule has 1 aromatic carbocycles. The van der Waals surface area contributed by atoms with E-state index < -0.39 is 10.0 Å². The molecule has 0 bridgehead atoms. The van der Waals surface area contributed by atoms with Crippen molar-refractivity contribution in [3.63, 3.8) is 0 Å². The van der Waals surface area contributed by atoms with Gasteiger partial charge in [0.2, 0.25) is 10.0 Å². The normalized spacial score (nSPS) is 19.7. The number of sulfonamides is 1. The molecule has 6 heteroatoms. The molecule has 0 spiro atoms. The Hall–Kier alpha value is -1.50. The summed E-state index contributed by atoms with van der Waals surface area (Å²) in [5, 5.41) is 0.851. The highest BCUT2D eigenvalue weighted by molar-refractivity contribution is 7.89. The number of hydrogen-bond donors (Lipinski definition) is 0. The summed E-state index contributed by atoms with van der Waals surface area (Å²) in [6, 6.07) is 9.17. The fraction of sp³-hybridized carbons (Fsp3) is 0.500. The summed E-state index contributed by atoms with van der Waals surface area (Å²) in [7, 11) is -3.55. The minimum absolute atomic E-state index is 0.262. The van der Waals surface area contributed by atoms with Crippen molar-refractivity contribution < 1.29 is 13.2 Å². The number of hydrogen-bond acceptors (Lipinski definition) is 4. The smallest absolute Gasteiger partial charge is 0.245 e. The third-order valence-electron chi connectivity index (χ3n) is 4.48. The molecule has 0 N–H and O–H groups in total. The number of aromatic nitrogens is 1. The minimum atomic E-state index is -3.55. The highest BCUT2D eigenvalue weighted by Gasteiger charge is 2.31. The van der Waals surface area contributed by atoms with Gasteiger partial charge in [-0.3, -0.25) is 4.98 Å². The van der Waals surface area contributed by atoms with Gasteiger partial charge in [-0.2, -0.15) is 4.31 Å². The van der Waals surface area contributed by atoms with Gasteiger partial charge in [0.15, 0.2) is 0 Å². The van der Waals surface area contributed by atoms with Crippen LogP contribution in [0.3, 0.4) is 0 Å². The highest BCUT2D eigenvalue weighted by atomic mass is 32.2. The van der Waals surface area contributed by atoms with Gasteiger partial charge >= 0.3 is 0 Å². The fourth-order valence-corrected chi connectivity index (χ4v) is 4.94. The van der Waals surface area contributed by atoms with Crippen LogP contribution in [0, 0.1) is 12.8 Å². The second kappa shape index (κ2) is 7.17. The van der Waals surface area contributed by atoms with Crippen molar-refractivity contribution >= 4 is 20.9 Å². The van der Waals surface area contributed by atoms with Gasteiger partial charge in [-0.25, -0.2) is 8.42 Å². The molecule has 1 saturated heterocycles. The molecule has 0 unspecified atom stereocenters. The van der Waals surface area contributed by atoms with Gasteiger partial charge in [0, 0.05) is 30.8 Å². The molecule has 2 aromatic rings. The van der Waals surface area contributed by atoms with E-state index in [9.17, 15) is 8.42 Å². The fourth-order valence-electron chi connectivity index (χ4n) is 3.23. The second-order valence-electron chi connectivity index (χ2n) is 6.31. The molecule has 24 heavy (non-hydrogen) atoms. The molecule has 0 amide bonds. The van der Waals surface area contributed by atoms with E-state index in [4.69, 9.17) is 4.74 Å². The maximum atomic E-state index is 13.2. The Kier molecular flexibility index (Phi) is 5.18. The lowest BCUT2D eigenvalue weighted by Gasteiger charge is -2.31. The van der Waals surface area contributed by atoms with Gasteiger partial charge in [0.25, 0.3) is 0 Å². The standard InChI is InChI=1S/C18H24N2O3S/c1-3-23-13-15-6-5-11-20(12-15)24(21,22)17-8-4-7-16-10-9-14(2)19-18(16)17/h4,7-10,15H,3,5-6,11-13H2,1-2H3/t15-/m0/s1. The summed E-state index contributed by atoms with van der Waals surface area (Å²) in [6.45, 7) is 6.20. The first-order valence-corrected chi connectivity index (χ1v) is 9.90.